The Morgan fingerprint density at radius 2 is 1.63 bits per heavy atom. The molecule has 4 heteroatoms. The molecule has 0 N–H and O–H groups in total. The van der Waals surface area contributed by atoms with E-state index in [4.69, 9.17) is 4.74 Å². The number of ether oxygens (including phenoxy) is 1. The van der Waals surface area contributed by atoms with Gasteiger partial charge in [0.2, 0.25) is 0 Å². The Labute approximate surface area is 160 Å². The molecule has 0 aliphatic heterocycles. The molecule has 4 nitrogen and oxygen atoms in total. The monoisotopic (exact) mass is 362 g/mol. The van der Waals surface area contributed by atoms with Gasteiger partial charge >= 0.3 is 5.97 Å². The molecule has 0 fully saturated rings. The van der Waals surface area contributed by atoms with Crippen LogP contribution in [0.5, 0.6) is 0 Å². The van der Waals surface area contributed by atoms with Crippen LogP contribution in [0.2, 0.25) is 0 Å². The van der Waals surface area contributed by atoms with Crippen LogP contribution in [0, 0.1) is 13.8 Å². The Balaban J connectivity index is 1.74. The molecular weight excluding hydrogens is 336 g/mol. The predicted molar refractivity (Wildman–Crippen MR) is 107 cm³/mol. The Bertz CT molecular complexity index is 933. The molecule has 0 bridgehead atoms. The second kappa shape index (κ2) is 7.39. The van der Waals surface area contributed by atoms with Gasteiger partial charge in [0.15, 0.2) is 0 Å². The molecule has 0 aliphatic rings. The van der Waals surface area contributed by atoms with Crippen LogP contribution < -0.4 is 0 Å². The van der Waals surface area contributed by atoms with Gasteiger partial charge in [0, 0.05) is 0 Å². The minimum absolute atomic E-state index is 0.107. The van der Waals surface area contributed by atoms with Gasteiger partial charge in [-0.25, -0.2) is 9.48 Å². The van der Waals surface area contributed by atoms with Gasteiger partial charge in [-0.15, -0.1) is 0 Å². The van der Waals surface area contributed by atoms with E-state index >= 15 is 0 Å². The van der Waals surface area contributed by atoms with Crippen LogP contribution in [-0.4, -0.2) is 15.7 Å². The van der Waals surface area contributed by atoms with E-state index in [0.717, 1.165) is 16.9 Å². The van der Waals surface area contributed by atoms with E-state index in [9.17, 15) is 4.79 Å². The molecule has 0 atom stereocenters. The summed E-state index contributed by atoms with van der Waals surface area (Å²) in [5.74, 6) is -0.341. The summed E-state index contributed by atoms with van der Waals surface area (Å²) in [5, 5.41) is 4.51. The smallest absolute Gasteiger partial charge is 0.342 e. The summed E-state index contributed by atoms with van der Waals surface area (Å²) in [6, 6.07) is 18.0. The normalized spacial score (nSPS) is 11.4. The quantitative estimate of drug-likeness (QED) is 0.603. The van der Waals surface area contributed by atoms with Crippen molar-refractivity contribution < 1.29 is 9.53 Å². The summed E-state index contributed by atoms with van der Waals surface area (Å²) in [4.78, 5) is 12.7. The van der Waals surface area contributed by atoms with Crippen molar-refractivity contribution in [3.8, 4) is 5.69 Å². The third kappa shape index (κ3) is 4.11. The largest absolute Gasteiger partial charge is 0.457 e. The number of carbonyl (C=O) groups excluding carboxylic acids is 1. The van der Waals surface area contributed by atoms with Crippen LogP contribution in [0.1, 0.15) is 53.6 Å². The first-order chi connectivity index (χ1) is 12.8. The lowest BCUT2D eigenvalue weighted by molar-refractivity contribution is 0.0471. The second-order valence-electron chi connectivity index (χ2n) is 7.82. The van der Waals surface area contributed by atoms with E-state index in [0.29, 0.717) is 11.3 Å². The fourth-order valence-electron chi connectivity index (χ4n) is 3.08. The molecule has 1 aromatic heterocycles. The van der Waals surface area contributed by atoms with Gasteiger partial charge in [-0.3, -0.25) is 0 Å². The summed E-state index contributed by atoms with van der Waals surface area (Å²) >= 11 is 0. The fraction of sp³-hybridized carbons (Fsp3) is 0.304. The zero-order valence-electron chi connectivity index (χ0n) is 16.6. The average Bonchev–Trinajstić information content (AvgIpc) is 2.94. The van der Waals surface area contributed by atoms with Crippen LogP contribution in [0.15, 0.2) is 54.6 Å². The molecule has 3 aromatic rings. The minimum atomic E-state index is -0.341. The van der Waals surface area contributed by atoms with E-state index in [1.165, 1.54) is 5.56 Å². The minimum Gasteiger partial charge on any atom is -0.457 e. The SMILES string of the molecule is Cc1nn(-c2ccccc2)c(C)c1C(=O)OCc1ccc(C(C)(C)C)cc1. The number of aryl methyl sites for hydroxylation is 1. The van der Waals surface area contributed by atoms with Gasteiger partial charge < -0.3 is 4.74 Å². The Kier molecular flexibility index (Phi) is 5.17. The number of benzene rings is 2. The summed E-state index contributed by atoms with van der Waals surface area (Å²) in [6.07, 6.45) is 0. The highest BCUT2D eigenvalue weighted by Gasteiger charge is 2.21. The first kappa shape index (κ1) is 18.9. The van der Waals surface area contributed by atoms with Gasteiger partial charge in [0.1, 0.15) is 12.2 Å². The van der Waals surface area contributed by atoms with Crippen molar-refractivity contribution in [1.82, 2.24) is 9.78 Å². The van der Waals surface area contributed by atoms with Crippen molar-refractivity contribution >= 4 is 5.97 Å². The van der Waals surface area contributed by atoms with Crippen LogP contribution in [0.25, 0.3) is 5.69 Å². The molecule has 1 heterocycles. The number of rotatable bonds is 4. The van der Waals surface area contributed by atoms with Crippen LogP contribution in [0.4, 0.5) is 0 Å². The summed E-state index contributed by atoms with van der Waals surface area (Å²) in [6.45, 7) is 10.5. The lowest BCUT2D eigenvalue weighted by atomic mass is 9.87. The first-order valence-electron chi connectivity index (χ1n) is 9.15. The number of hydrogen-bond donors (Lipinski definition) is 0. The van der Waals surface area contributed by atoms with Gasteiger partial charge in [-0.05, 0) is 42.5 Å². The first-order valence-corrected chi connectivity index (χ1v) is 9.15. The molecular formula is C23H26N2O2. The Morgan fingerprint density at radius 3 is 2.22 bits per heavy atom. The molecule has 0 amide bonds. The molecule has 140 valence electrons. The molecule has 0 spiro atoms. The van der Waals surface area contributed by atoms with E-state index in [1.807, 2.05) is 56.3 Å². The molecule has 0 saturated heterocycles. The van der Waals surface area contributed by atoms with Crippen molar-refractivity contribution in [3.05, 3.63) is 82.7 Å². The van der Waals surface area contributed by atoms with E-state index in [-0.39, 0.29) is 18.0 Å². The van der Waals surface area contributed by atoms with Crippen molar-refractivity contribution in [3.63, 3.8) is 0 Å². The molecule has 2 aromatic carbocycles. The van der Waals surface area contributed by atoms with Crippen molar-refractivity contribution in [1.29, 1.82) is 0 Å². The van der Waals surface area contributed by atoms with Gasteiger partial charge in [0.25, 0.3) is 0 Å². The highest BCUT2D eigenvalue weighted by Crippen LogP contribution is 2.23. The summed E-state index contributed by atoms with van der Waals surface area (Å²) in [5.41, 5.74) is 5.25. The topological polar surface area (TPSA) is 44.1 Å². The maximum absolute atomic E-state index is 12.7. The number of hydrogen-bond acceptors (Lipinski definition) is 3. The standard InChI is InChI=1S/C23H26N2O2/c1-16-21(17(2)25(24-16)20-9-7-6-8-10-20)22(26)27-15-18-11-13-19(14-12-18)23(3,4)5/h6-14H,15H2,1-5H3. The van der Waals surface area contributed by atoms with Crippen molar-refractivity contribution in [2.45, 2.75) is 46.6 Å². The van der Waals surface area contributed by atoms with Crippen LogP contribution in [-0.2, 0) is 16.8 Å². The average molecular weight is 362 g/mol. The highest BCUT2D eigenvalue weighted by molar-refractivity contribution is 5.92. The Hall–Kier alpha value is -2.88. The maximum atomic E-state index is 12.7. The van der Waals surface area contributed by atoms with E-state index < -0.39 is 0 Å². The molecule has 27 heavy (non-hydrogen) atoms. The number of carbonyl (C=O) groups is 1. The zero-order valence-corrected chi connectivity index (χ0v) is 16.6. The van der Waals surface area contributed by atoms with Gasteiger partial charge in [-0.1, -0.05) is 63.2 Å². The molecule has 0 unspecified atom stereocenters. The highest BCUT2D eigenvalue weighted by atomic mass is 16.5. The maximum Gasteiger partial charge on any atom is 0.342 e. The lowest BCUT2D eigenvalue weighted by Gasteiger charge is -2.19. The number of aromatic nitrogens is 2. The van der Waals surface area contributed by atoms with Crippen LogP contribution >= 0.6 is 0 Å². The summed E-state index contributed by atoms with van der Waals surface area (Å²) < 4.78 is 7.34. The number of esters is 1. The van der Waals surface area contributed by atoms with Gasteiger partial charge in [0.05, 0.1) is 17.1 Å². The van der Waals surface area contributed by atoms with Crippen molar-refractivity contribution in [2.75, 3.05) is 0 Å². The van der Waals surface area contributed by atoms with Crippen LogP contribution in [0.3, 0.4) is 0 Å². The number of nitrogens with zero attached hydrogens (tertiary/aromatic N) is 2. The lowest BCUT2D eigenvalue weighted by Crippen LogP contribution is -2.11. The van der Waals surface area contributed by atoms with E-state index in [1.54, 1.807) is 4.68 Å². The third-order valence-electron chi connectivity index (χ3n) is 4.69. The molecule has 0 aliphatic carbocycles. The molecule has 3 rings (SSSR count). The molecule has 0 saturated carbocycles. The number of para-hydroxylation sites is 1. The van der Waals surface area contributed by atoms with Gasteiger partial charge in [-0.2, -0.15) is 5.10 Å². The molecule has 0 radical (unpaired) electrons. The zero-order chi connectivity index (χ0) is 19.6. The Morgan fingerprint density at radius 1 is 1.00 bits per heavy atom. The van der Waals surface area contributed by atoms with E-state index in [2.05, 4.69) is 38.0 Å². The third-order valence-corrected chi connectivity index (χ3v) is 4.69. The predicted octanol–water partition coefficient (Wildman–Crippen LogP) is 5.14. The fourth-order valence-corrected chi connectivity index (χ4v) is 3.08. The van der Waals surface area contributed by atoms with Crippen molar-refractivity contribution in [2.24, 2.45) is 0 Å². The second-order valence-corrected chi connectivity index (χ2v) is 7.82. The summed E-state index contributed by atoms with van der Waals surface area (Å²) in [7, 11) is 0.